The van der Waals surface area contributed by atoms with Gasteiger partial charge in [0.2, 0.25) is 0 Å². The van der Waals surface area contributed by atoms with E-state index in [-0.39, 0.29) is 25.4 Å². The molecule has 1 aromatic heterocycles. The maximum Gasteiger partial charge on any atom is 0.272 e. The molecule has 0 unspecified atom stereocenters. The molecule has 4 aromatic rings. The number of fused-ring (bicyclic) bond motifs is 1. The van der Waals surface area contributed by atoms with Crippen molar-refractivity contribution in [2.45, 2.75) is 48.4 Å². The second kappa shape index (κ2) is 11.6. The Labute approximate surface area is 235 Å². The molecule has 0 spiro atoms. The number of imidazole rings is 1. The van der Waals surface area contributed by atoms with Crippen LogP contribution in [-0.2, 0) is 34.0 Å². The number of alkyl halides is 3. The van der Waals surface area contributed by atoms with Gasteiger partial charge in [-0.25, -0.2) is 4.98 Å². The van der Waals surface area contributed by atoms with Gasteiger partial charge in [0.05, 0.1) is 42.7 Å². The fourth-order valence-electron chi connectivity index (χ4n) is 4.48. The Kier molecular flexibility index (Phi) is 8.23. The van der Waals surface area contributed by atoms with E-state index in [0.29, 0.717) is 13.0 Å². The Balaban J connectivity index is 1.35. The van der Waals surface area contributed by atoms with Crippen molar-refractivity contribution in [3.05, 3.63) is 101 Å². The number of halogens is 3. The molecule has 3 aromatic carbocycles. The van der Waals surface area contributed by atoms with Crippen LogP contribution in [0.15, 0.2) is 79.1 Å². The fourth-order valence-corrected chi connectivity index (χ4v) is 4.68. The van der Waals surface area contributed by atoms with Gasteiger partial charge in [-0.2, -0.15) is 0 Å². The Bertz CT molecular complexity index is 1390. The summed E-state index contributed by atoms with van der Waals surface area (Å²) in [6, 6.07) is 23.3. The number of nitrogens with zero attached hydrogens (tertiary/aromatic N) is 2. The molecule has 5 rings (SSSR count). The summed E-state index contributed by atoms with van der Waals surface area (Å²) in [4.78, 5) is 16.4. The van der Waals surface area contributed by atoms with Crippen LogP contribution < -0.4 is 5.32 Å². The average molecular weight is 575 g/mol. The first-order chi connectivity index (χ1) is 18.3. The first-order valence-electron chi connectivity index (χ1n) is 12.1. The van der Waals surface area contributed by atoms with E-state index < -0.39 is 16.0 Å². The van der Waals surface area contributed by atoms with Gasteiger partial charge in [0.15, 0.2) is 6.29 Å². The van der Waals surface area contributed by atoms with Gasteiger partial charge >= 0.3 is 0 Å². The molecule has 0 aliphatic carbocycles. The average Bonchev–Trinajstić information content (AvgIpc) is 3.34. The van der Waals surface area contributed by atoms with Crippen LogP contribution in [0.5, 0.6) is 0 Å². The van der Waals surface area contributed by atoms with Gasteiger partial charge in [-0.15, -0.1) is 0 Å². The minimum Gasteiger partial charge on any atom is -0.392 e. The number of rotatable bonds is 7. The van der Waals surface area contributed by atoms with Crippen LogP contribution in [0.1, 0.15) is 41.1 Å². The molecular formula is C28H26Cl3N3O4. The van der Waals surface area contributed by atoms with Crippen LogP contribution >= 0.6 is 34.8 Å². The van der Waals surface area contributed by atoms with Gasteiger partial charge in [-0.3, -0.25) is 4.79 Å². The zero-order valence-electron chi connectivity index (χ0n) is 20.3. The van der Waals surface area contributed by atoms with Crippen LogP contribution in [-0.4, -0.2) is 30.5 Å². The van der Waals surface area contributed by atoms with Gasteiger partial charge in [0.1, 0.15) is 0 Å². The number of benzene rings is 3. The molecule has 1 saturated heterocycles. The van der Waals surface area contributed by atoms with Crippen molar-refractivity contribution in [1.29, 1.82) is 0 Å². The SMILES string of the molecule is O=C(NCc1ccc([C@H]2O[C@@H](Cn3cnc4ccccc43)C[C@@H](c3ccc(CO)cc3)O2)cc1)C(Cl)(Cl)Cl. The van der Waals surface area contributed by atoms with Crippen molar-refractivity contribution < 1.29 is 19.4 Å². The second-order valence-electron chi connectivity index (χ2n) is 9.16. The lowest BCUT2D eigenvalue weighted by Crippen LogP contribution is -2.34. The topological polar surface area (TPSA) is 85.6 Å². The van der Waals surface area contributed by atoms with E-state index in [1.54, 1.807) is 0 Å². The molecule has 0 bridgehead atoms. The van der Waals surface area contributed by atoms with Crippen LogP contribution in [0.2, 0.25) is 0 Å². The quantitative estimate of drug-likeness (QED) is 0.274. The number of ether oxygens (including phenoxy) is 2. The number of aliphatic hydroxyl groups is 1. The van der Waals surface area contributed by atoms with E-state index in [4.69, 9.17) is 44.3 Å². The highest BCUT2D eigenvalue weighted by Crippen LogP contribution is 2.38. The number of amides is 1. The summed E-state index contributed by atoms with van der Waals surface area (Å²) in [5, 5.41) is 12.0. The van der Waals surface area contributed by atoms with Crippen molar-refractivity contribution in [2.24, 2.45) is 0 Å². The summed E-state index contributed by atoms with van der Waals surface area (Å²) in [5.41, 5.74) is 5.52. The Morgan fingerprint density at radius 3 is 2.37 bits per heavy atom. The van der Waals surface area contributed by atoms with Crippen LogP contribution in [0.4, 0.5) is 0 Å². The molecule has 1 fully saturated rings. The van der Waals surface area contributed by atoms with E-state index in [1.165, 1.54) is 0 Å². The summed E-state index contributed by atoms with van der Waals surface area (Å²) in [7, 11) is 0. The molecule has 198 valence electrons. The number of aromatic nitrogens is 2. The second-order valence-corrected chi connectivity index (χ2v) is 11.4. The van der Waals surface area contributed by atoms with Gasteiger partial charge < -0.3 is 24.5 Å². The Morgan fingerprint density at radius 1 is 0.974 bits per heavy atom. The number of carbonyl (C=O) groups is 1. The van der Waals surface area contributed by atoms with Crippen molar-refractivity contribution >= 4 is 51.7 Å². The predicted molar refractivity (Wildman–Crippen MR) is 147 cm³/mol. The first-order valence-corrected chi connectivity index (χ1v) is 13.3. The molecule has 1 aliphatic heterocycles. The zero-order valence-corrected chi connectivity index (χ0v) is 22.5. The number of nitrogens with one attached hydrogen (secondary N) is 1. The third-order valence-corrected chi connectivity index (χ3v) is 7.02. The fraction of sp³-hybridized carbons (Fsp3) is 0.286. The van der Waals surface area contributed by atoms with Crippen LogP contribution in [0.25, 0.3) is 11.0 Å². The largest absolute Gasteiger partial charge is 0.392 e. The Hall–Kier alpha value is -2.65. The van der Waals surface area contributed by atoms with E-state index in [1.807, 2.05) is 79.1 Å². The summed E-state index contributed by atoms with van der Waals surface area (Å²) in [5.74, 6) is -0.685. The summed E-state index contributed by atoms with van der Waals surface area (Å²) >= 11 is 16.9. The monoisotopic (exact) mass is 573 g/mol. The zero-order chi connectivity index (χ0) is 26.7. The number of para-hydroxylation sites is 2. The normalized spacial score (nSPS) is 19.9. The van der Waals surface area contributed by atoms with Crippen molar-refractivity contribution in [3.63, 3.8) is 0 Å². The van der Waals surface area contributed by atoms with Gasteiger partial charge in [0.25, 0.3) is 9.70 Å². The maximum atomic E-state index is 11.8. The van der Waals surface area contributed by atoms with Gasteiger partial charge in [-0.1, -0.05) is 95.5 Å². The molecule has 10 heteroatoms. The third kappa shape index (κ3) is 6.31. The lowest BCUT2D eigenvalue weighted by Gasteiger charge is -2.36. The molecule has 7 nitrogen and oxygen atoms in total. The molecule has 38 heavy (non-hydrogen) atoms. The highest BCUT2D eigenvalue weighted by molar-refractivity contribution is 6.76. The predicted octanol–water partition coefficient (Wildman–Crippen LogP) is 5.76. The van der Waals surface area contributed by atoms with Crippen LogP contribution in [0, 0.1) is 0 Å². The standard InChI is InChI=1S/C28H26Cl3N3O4/c29-28(30,31)27(36)32-14-18-5-11-21(12-6-18)26-37-22(15-34-17-33-23-3-1-2-4-24(23)34)13-25(38-26)20-9-7-19(16-35)8-10-20/h1-12,17,22,25-26,35H,13-16H2,(H,32,36)/t22-,25+,26+/m1/s1. The lowest BCUT2D eigenvalue weighted by atomic mass is 9.99. The minimum atomic E-state index is -2.01. The molecule has 1 amide bonds. The number of aliphatic hydroxyl groups excluding tert-OH is 1. The molecule has 2 heterocycles. The van der Waals surface area contributed by atoms with Crippen molar-refractivity contribution in [3.8, 4) is 0 Å². The molecule has 0 saturated carbocycles. The maximum absolute atomic E-state index is 11.8. The van der Waals surface area contributed by atoms with Crippen molar-refractivity contribution in [2.75, 3.05) is 0 Å². The number of hydrogen-bond acceptors (Lipinski definition) is 5. The molecule has 1 aliphatic rings. The van der Waals surface area contributed by atoms with Crippen molar-refractivity contribution in [1.82, 2.24) is 14.9 Å². The summed E-state index contributed by atoms with van der Waals surface area (Å²) in [6.45, 7) is 0.824. The third-order valence-electron chi connectivity index (χ3n) is 6.51. The highest BCUT2D eigenvalue weighted by atomic mass is 35.6. The van der Waals surface area contributed by atoms with E-state index in [9.17, 15) is 9.90 Å². The first kappa shape index (κ1) is 26.9. The molecular weight excluding hydrogens is 549 g/mol. The molecule has 3 atom stereocenters. The smallest absolute Gasteiger partial charge is 0.272 e. The lowest BCUT2D eigenvalue weighted by molar-refractivity contribution is -0.252. The van der Waals surface area contributed by atoms with Crippen LogP contribution in [0.3, 0.4) is 0 Å². The van der Waals surface area contributed by atoms with E-state index >= 15 is 0 Å². The molecule has 0 radical (unpaired) electrons. The van der Waals surface area contributed by atoms with Gasteiger partial charge in [-0.05, 0) is 28.8 Å². The molecule has 2 N–H and O–H groups in total. The highest BCUT2D eigenvalue weighted by Gasteiger charge is 2.33. The summed E-state index contributed by atoms with van der Waals surface area (Å²) in [6.07, 6.45) is 1.55. The Morgan fingerprint density at radius 2 is 1.66 bits per heavy atom. The number of carbonyl (C=O) groups excluding carboxylic acids is 1. The van der Waals surface area contributed by atoms with E-state index in [0.717, 1.165) is 33.3 Å². The summed E-state index contributed by atoms with van der Waals surface area (Å²) < 4.78 is 13.0. The minimum absolute atomic E-state index is 0.0116. The van der Waals surface area contributed by atoms with Gasteiger partial charge in [0, 0.05) is 18.5 Å². The number of hydrogen-bond donors (Lipinski definition) is 2. The van der Waals surface area contributed by atoms with E-state index in [2.05, 4.69) is 14.9 Å².